The molecule has 0 saturated carbocycles. The lowest BCUT2D eigenvalue weighted by molar-refractivity contribution is 0.106. The zero-order chi connectivity index (χ0) is 12.5. The summed E-state index contributed by atoms with van der Waals surface area (Å²) in [4.78, 5) is 3.65. The SMILES string of the molecule is C=CC(C)(O)c1cn(-c2cccc(F)n2)nn1. The molecule has 0 spiro atoms. The van der Waals surface area contributed by atoms with Crippen LogP contribution in [0.5, 0.6) is 0 Å². The second kappa shape index (κ2) is 4.06. The van der Waals surface area contributed by atoms with Gasteiger partial charge in [0.2, 0.25) is 5.95 Å². The minimum absolute atomic E-state index is 0.295. The summed E-state index contributed by atoms with van der Waals surface area (Å²) < 4.78 is 14.2. The van der Waals surface area contributed by atoms with Crippen molar-refractivity contribution in [3.8, 4) is 5.82 Å². The molecular weight excluding hydrogens is 223 g/mol. The summed E-state index contributed by atoms with van der Waals surface area (Å²) in [5.41, 5.74) is -0.954. The number of rotatable bonds is 3. The summed E-state index contributed by atoms with van der Waals surface area (Å²) >= 11 is 0. The number of aliphatic hydroxyl groups is 1. The van der Waals surface area contributed by atoms with Crippen LogP contribution < -0.4 is 0 Å². The van der Waals surface area contributed by atoms with Crippen molar-refractivity contribution < 1.29 is 9.50 Å². The minimum Gasteiger partial charge on any atom is -0.380 e. The van der Waals surface area contributed by atoms with Gasteiger partial charge < -0.3 is 5.11 Å². The van der Waals surface area contributed by atoms with Gasteiger partial charge in [0, 0.05) is 0 Å². The summed E-state index contributed by atoms with van der Waals surface area (Å²) in [6.45, 7) is 5.04. The van der Waals surface area contributed by atoms with E-state index in [1.54, 1.807) is 6.07 Å². The highest BCUT2D eigenvalue weighted by Crippen LogP contribution is 2.19. The minimum atomic E-state index is -1.27. The maximum absolute atomic E-state index is 12.9. The molecule has 88 valence electrons. The van der Waals surface area contributed by atoms with Crippen LogP contribution in [0.4, 0.5) is 4.39 Å². The average Bonchev–Trinajstić information content (AvgIpc) is 2.79. The van der Waals surface area contributed by atoms with E-state index in [0.29, 0.717) is 11.5 Å². The van der Waals surface area contributed by atoms with E-state index in [1.807, 2.05) is 0 Å². The molecule has 1 atom stereocenters. The molecule has 0 aliphatic carbocycles. The Balaban J connectivity index is 2.40. The lowest BCUT2D eigenvalue weighted by atomic mass is 10.0. The Morgan fingerprint density at radius 1 is 1.53 bits per heavy atom. The number of nitrogens with zero attached hydrogens (tertiary/aromatic N) is 4. The van der Waals surface area contributed by atoms with Crippen molar-refractivity contribution in [2.45, 2.75) is 12.5 Å². The second-order valence-electron chi connectivity index (χ2n) is 3.72. The fraction of sp³-hybridized carbons (Fsp3) is 0.182. The highest BCUT2D eigenvalue weighted by molar-refractivity contribution is 5.23. The number of pyridine rings is 1. The quantitative estimate of drug-likeness (QED) is 0.640. The molecule has 0 bridgehead atoms. The smallest absolute Gasteiger partial charge is 0.214 e. The number of hydrogen-bond acceptors (Lipinski definition) is 4. The van der Waals surface area contributed by atoms with Crippen molar-refractivity contribution in [1.29, 1.82) is 0 Å². The van der Waals surface area contributed by atoms with E-state index >= 15 is 0 Å². The third-order valence-electron chi connectivity index (χ3n) is 2.34. The third-order valence-corrected chi connectivity index (χ3v) is 2.34. The van der Waals surface area contributed by atoms with Gasteiger partial charge in [-0.3, -0.25) is 0 Å². The molecule has 0 amide bonds. The Labute approximate surface area is 97.2 Å². The second-order valence-corrected chi connectivity index (χ2v) is 3.72. The van der Waals surface area contributed by atoms with Crippen LogP contribution in [-0.2, 0) is 5.60 Å². The Kier molecular flexibility index (Phi) is 2.72. The van der Waals surface area contributed by atoms with Gasteiger partial charge in [-0.2, -0.15) is 4.39 Å². The maximum Gasteiger partial charge on any atom is 0.214 e. The van der Waals surface area contributed by atoms with Gasteiger partial charge in [-0.25, -0.2) is 9.67 Å². The van der Waals surface area contributed by atoms with Crippen molar-refractivity contribution in [3.63, 3.8) is 0 Å². The standard InChI is InChI=1S/C11H11FN4O/c1-3-11(2,17)8-7-16(15-14-8)10-6-4-5-9(12)13-10/h3-7,17H,1H2,2H3. The van der Waals surface area contributed by atoms with Crippen LogP contribution in [0.3, 0.4) is 0 Å². The molecule has 0 saturated heterocycles. The van der Waals surface area contributed by atoms with E-state index in [-0.39, 0.29) is 0 Å². The van der Waals surface area contributed by atoms with E-state index < -0.39 is 11.5 Å². The molecule has 0 radical (unpaired) electrons. The van der Waals surface area contributed by atoms with Gasteiger partial charge in [0.05, 0.1) is 6.20 Å². The first-order valence-electron chi connectivity index (χ1n) is 4.94. The van der Waals surface area contributed by atoms with Gasteiger partial charge in [-0.15, -0.1) is 5.10 Å². The topological polar surface area (TPSA) is 63.8 Å². The van der Waals surface area contributed by atoms with E-state index in [4.69, 9.17) is 0 Å². The lowest BCUT2D eigenvalue weighted by Gasteiger charge is -2.13. The van der Waals surface area contributed by atoms with Crippen molar-refractivity contribution in [2.75, 3.05) is 0 Å². The third kappa shape index (κ3) is 2.21. The van der Waals surface area contributed by atoms with E-state index in [1.165, 1.54) is 36.0 Å². The zero-order valence-electron chi connectivity index (χ0n) is 9.21. The van der Waals surface area contributed by atoms with Gasteiger partial charge in [-0.1, -0.05) is 23.9 Å². The highest BCUT2D eigenvalue weighted by Gasteiger charge is 2.22. The molecule has 2 rings (SSSR count). The van der Waals surface area contributed by atoms with E-state index in [2.05, 4.69) is 21.9 Å². The summed E-state index contributed by atoms with van der Waals surface area (Å²) in [6, 6.07) is 4.34. The Bertz CT molecular complexity index is 550. The Hall–Kier alpha value is -2.08. The van der Waals surface area contributed by atoms with Gasteiger partial charge >= 0.3 is 0 Å². The Morgan fingerprint density at radius 3 is 2.94 bits per heavy atom. The van der Waals surface area contributed by atoms with E-state index in [9.17, 15) is 9.50 Å². The molecule has 1 N–H and O–H groups in total. The molecule has 2 aromatic rings. The number of hydrogen-bond donors (Lipinski definition) is 1. The monoisotopic (exact) mass is 234 g/mol. The van der Waals surface area contributed by atoms with Crippen molar-refractivity contribution in [1.82, 2.24) is 20.0 Å². The summed E-state index contributed by atoms with van der Waals surface area (Å²) in [7, 11) is 0. The van der Waals surface area contributed by atoms with Crippen LogP contribution in [0.15, 0.2) is 37.1 Å². The van der Waals surface area contributed by atoms with Crippen LogP contribution in [-0.4, -0.2) is 25.1 Å². The molecule has 2 heterocycles. The van der Waals surface area contributed by atoms with Gasteiger partial charge in [0.1, 0.15) is 11.3 Å². The molecule has 6 heteroatoms. The molecule has 0 aromatic carbocycles. The first kappa shape index (κ1) is 11.4. The largest absolute Gasteiger partial charge is 0.380 e. The van der Waals surface area contributed by atoms with Crippen molar-refractivity contribution >= 4 is 0 Å². The van der Waals surface area contributed by atoms with Crippen molar-refractivity contribution in [2.24, 2.45) is 0 Å². The molecule has 0 fully saturated rings. The summed E-state index contributed by atoms with van der Waals surface area (Å²) in [5.74, 6) is -0.307. The van der Waals surface area contributed by atoms with Crippen LogP contribution >= 0.6 is 0 Å². The molecule has 0 aliphatic rings. The fourth-order valence-corrected chi connectivity index (χ4v) is 1.24. The van der Waals surface area contributed by atoms with Crippen LogP contribution in [0.1, 0.15) is 12.6 Å². The first-order chi connectivity index (χ1) is 8.03. The predicted molar refractivity (Wildman–Crippen MR) is 58.9 cm³/mol. The zero-order valence-corrected chi connectivity index (χ0v) is 9.21. The maximum atomic E-state index is 12.9. The van der Waals surface area contributed by atoms with Gasteiger partial charge in [0.15, 0.2) is 5.82 Å². The molecule has 17 heavy (non-hydrogen) atoms. The van der Waals surface area contributed by atoms with Crippen molar-refractivity contribution in [3.05, 3.63) is 48.7 Å². The Morgan fingerprint density at radius 2 is 2.29 bits per heavy atom. The molecule has 1 unspecified atom stereocenters. The first-order valence-corrected chi connectivity index (χ1v) is 4.94. The number of halogens is 1. The van der Waals surface area contributed by atoms with Crippen LogP contribution in [0.25, 0.3) is 5.82 Å². The van der Waals surface area contributed by atoms with E-state index in [0.717, 1.165) is 0 Å². The molecular formula is C11H11FN4O. The lowest BCUT2D eigenvalue weighted by Crippen LogP contribution is -2.17. The summed E-state index contributed by atoms with van der Waals surface area (Å²) in [5, 5.41) is 17.4. The molecule has 5 nitrogen and oxygen atoms in total. The van der Waals surface area contributed by atoms with Crippen LogP contribution in [0.2, 0.25) is 0 Å². The van der Waals surface area contributed by atoms with Crippen LogP contribution in [0, 0.1) is 5.95 Å². The predicted octanol–water partition coefficient (Wildman–Crippen LogP) is 1.19. The fourth-order valence-electron chi connectivity index (χ4n) is 1.24. The normalized spacial score (nSPS) is 14.3. The highest BCUT2D eigenvalue weighted by atomic mass is 19.1. The van der Waals surface area contributed by atoms with Gasteiger partial charge in [-0.05, 0) is 19.1 Å². The molecule has 0 aliphatic heterocycles. The molecule has 2 aromatic heterocycles. The summed E-state index contributed by atoms with van der Waals surface area (Å²) in [6.07, 6.45) is 2.82. The number of aromatic nitrogens is 4. The average molecular weight is 234 g/mol. The van der Waals surface area contributed by atoms with Gasteiger partial charge in [0.25, 0.3) is 0 Å².